The molecular weight excluding hydrogens is 280 g/mol. The molecule has 21 heavy (non-hydrogen) atoms. The molecule has 0 aromatic heterocycles. The summed E-state index contributed by atoms with van der Waals surface area (Å²) in [5, 5.41) is 12.5. The highest BCUT2D eigenvalue weighted by molar-refractivity contribution is 7.98. The molecule has 4 heteroatoms. The van der Waals surface area contributed by atoms with E-state index in [0.29, 0.717) is 11.5 Å². The van der Waals surface area contributed by atoms with Crippen LogP contribution in [0.4, 0.5) is 0 Å². The van der Waals surface area contributed by atoms with E-state index < -0.39 is 5.54 Å². The Morgan fingerprint density at radius 2 is 2.00 bits per heavy atom. The van der Waals surface area contributed by atoms with Crippen molar-refractivity contribution in [3.05, 3.63) is 29.8 Å². The molecule has 1 aromatic carbocycles. The highest BCUT2D eigenvalue weighted by Crippen LogP contribution is 2.33. The fraction of sp³-hybridized carbons (Fsp3) is 0.529. The lowest BCUT2D eigenvalue weighted by Gasteiger charge is -2.35. The van der Waals surface area contributed by atoms with E-state index in [-0.39, 0.29) is 5.91 Å². The Labute approximate surface area is 131 Å². The molecule has 1 saturated carbocycles. The zero-order valence-corrected chi connectivity index (χ0v) is 13.5. The summed E-state index contributed by atoms with van der Waals surface area (Å²) in [5.74, 6) is 0.559. The summed E-state index contributed by atoms with van der Waals surface area (Å²) >= 11 is 1.65. The van der Waals surface area contributed by atoms with E-state index in [1.165, 1.54) is 0 Å². The van der Waals surface area contributed by atoms with Crippen LogP contribution in [0.15, 0.2) is 29.2 Å². The number of hydrogen-bond acceptors (Lipinski definition) is 3. The van der Waals surface area contributed by atoms with Gasteiger partial charge in [-0.25, -0.2) is 0 Å². The highest BCUT2D eigenvalue weighted by atomic mass is 32.2. The Bertz CT molecular complexity index is 525. The van der Waals surface area contributed by atoms with E-state index in [0.717, 1.165) is 37.0 Å². The normalized spacial score (nSPS) is 25.1. The van der Waals surface area contributed by atoms with Crippen LogP contribution in [0.3, 0.4) is 0 Å². The maximum Gasteiger partial charge on any atom is 0.252 e. The highest BCUT2D eigenvalue weighted by Gasteiger charge is 2.36. The maximum atomic E-state index is 12.4. The fourth-order valence-electron chi connectivity index (χ4n) is 2.88. The van der Waals surface area contributed by atoms with Gasteiger partial charge in [0.05, 0.1) is 6.07 Å². The first-order chi connectivity index (χ1) is 10.1. The fourth-order valence-corrected chi connectivity index (χ4v) is 3.28. The van der Waals surface area contributed by atoms with E-state index in [1.807, 2.05) is 30.5 Å². The molecule has 112 valence electrons. The molecule has 1 fully saturated rings. The van der Waals surface area contributed by atoms with E-state index in [4.69, 9.17) is 0 Å². The number of nitrogens with zero attached hydrogens (tertiary/aromatic N) is 1. The minimum absolute atomic E-state index is 0.140. The zero-order chi connectivity index (χ0) is 15.3. The molecule has 0 aliphatic heterocycles. The smallest absolute Gasteiger partial charge is 0.252 e. The zero-order valence-electron chi connectivity index (χ0n) is 12.7. The predicted molar refractivity (Wildman–Crippen MR) is 86.3 cm³/mol. The van der Waals surface area contributed by atoms with Crippen LogP contribution in [-0.4, -0.2) is 17.7 Å². The molecule has 0 heterocycles. The van der Waals surface area contributed by atoms with Gasteiger partial charge in [0.15, 0.2) is 0 Å². The lowest BCUT2D eigenvalue weighted by atomic mass is 9.76. The van der Waals surface area contributed by atoms with Gasteiger partial charge in [0, 0.05) is 10.5 Å². The van der Waals surface area contributed by atoms with Crippen LogP contribution in [0.25, 0.3) is 0 Å². The van der Waals surface area contributed by atoms with Gasteiger partial charge in [-0.2, -0.15) is 5.26 Å². The third kappa shape index (κ3) is 3.79. The Morgan fingerprint density at radius 3 is 2.48 bits per heavy atom. The van der Waals surface area contributed by atoms with Crippen LogP contribution in [0.5, 0.6) is 0 Å². The average molecular weight is 302 g/mol. The van der Waals surface area contributed by atoms with Crippen LogP contribution in [0.1, 0.15) is 49.4 Å². The predicted octanol–water partition coefficient (Wildman–Crippen LogP) is 4.00. The number of hydrogen-bond donors (Lipinski definition) is 1. The number of benzene rings is 1. The van der Waals surface area contributed by atoms with Crippen LogP contribution in [0.2, 0.25) is 0 Å². The van der Waals surface area contributed by atoms with E-state index in [9.17, 15) is 10.1 Å². The van der Waals surface area contributed by atoms with Gasteiger partial charge < -0.3 is 5.32 Å². The summed E-state index contributed by atoms with van der Waals surface area (Å²) in [5.41, 5.74) is -0.0546. The first-order valence-electron chi connectivity index (χ1n) is 7.50. The molecule has 1 amide bonds. The summed E-state index contributed by atoms with van der Waals surface area (Å²) in [7, 11) is 0. The van der Waals surface area contributed by atoms with Crippen molar-refractivity contribution >= 4 is 17.7 Å². The number of nitriles is 1. The summed E-state index contributed by atoms with van der Waals surface area (Å²) in [6.45, 7) is 2.19. The summed E-state index contributed by atoms with van der Waals surface area (Å²) < 4.78 is 0. The second-order valence-electron chi connectivity index (χ2n) is 5.73. The van der Waals surface area contributed by atoms with Gasteiger partial charge in [-0.1, -0.05) is 13.3 Å². The van der Waals surface area contributed by atoms with Crippen LogP contribution in [-0.2, 0) is 0 Å². The van der Waals surface area contributed by atoms with Crippen molar-refractivity contribution in [3.63, 3.8) is 0 Å². The van der Waals surface area contributed by atoms with Crippen molar-refractivity contribution in [2.75, 3.05) is 6.26 Å². The summed E-state index contributed by atoms with van der Waals surface area (Å²) in [6.07, 6.45) is 6.73. The van der Waals surface area contributed by atoms with Gasteiger partial charge in [-0.05, 0) is 62.1 Å². The van der Waals surface area contributed by atoms with Crippen molar-refractivity contribution in [1.82, 2.24) is 5.32 Å². The van der Waals surface area contributed by atoms with Gasteiger partial charge in [0.1, 0.15) is 5.54 Å². The van der Waals surface area contributed by atoms with Gasteiger partial charge in [0.25, 0.3) is 5.91 Å². The molecule has 1 aromatic rings. The topological polar surface area (TPSA) is 52.9 Å². The van der Waals surface area contributed by atoms with E-state index in [2.05, 4.69) is 18.3 Å². The number of carbonyl (C=O) groups is 1. The second-order valence-corrected chi connectivity index (χ2v) is 6.61. The lowest BCUT2D eigenvalue weighted by Crippen LogP contribution is -2.49. The number of carbonyl (C=O) groups excluding carboxylic acids is 1. The van der Waals surface area contributed by atoms with Crippen LogP contribution in [0, 0.1) is 17.2 Å². The van der Waals surface area contributed by atoms with Crippen molar-refractivity contribution in [3.8, 4) is 6.07 Å². The Morgan fingerprint density at radius 1 is 1.38 bits per heavy atom. The molecule has 0 unspecified atom stereocenters. The summed E-state index contributed by atoms with van der Waals surface area (Å²) in [6, 6.07) is 9.87. The van der Waals surface area contributed by atoms with E-state index in [1.54, 1.807) is 11.8 Å². The average Bonchev–Trinajstić information content (AvgIpc) is 2.55. The van der Waals surface area contributed by atoms with Gasteiger partial charge >= 0.3 is 0 Å². The molecule has 1 aliphatic rings. The van der Waals surface area contributed by atoms with E-state index >= 15 is 0 Å². The Kier molecular flexibility index (Phi) is 5.30. The Balaban J connectivity index is 2.04. The minimum Gasteiger partial charge on any atom is -0.334 e. The van der Waals surface area contributed by atoms with Gasteiger partial charge in [-0.15, -0.1) is 11.8 Å². The van der Waals surface area contributed by atoms with Gasteiger partial charge in [0.2, 0.25) is 0 Å². The van der Waals surface area contributed by atoms with Gasteiger partial charge in [-0.3, -0.25) is 4.79 Å². The third-order valence-corrected chi connectivity index (χ3v) is 5.20. The van der Waals surface area contributed by atoms with Crippen molar-refractivity contribution in [1.29, 1.82) is 5.26 Å². The minimum atomic E-state index is -0.680. The molecule has 0 spiro atoms. The van der Waals surface area contributed by atoms with Crippen molar-refractivity contribution in [2.45, 2.75) is 49.5 Å². The number of amides is 1. The quantitative estimate of drug-likeness (QED) is 0.855. The number of rotatable bonds is 4. The largest absolute Gasteiger partial charge is 0.334 e. The molecule has 1 N–H and O–H groups in total. The summed E-state index contributed by atoms with van der Waals surface area (Å²) in [4.78, 5) is 13.5. The second kappa shape index (κ2) is 7.00. The standard InChI is InChI=1S/C17H22N2OS/c1-3-13-8-10-17(12-18,11-9-13)19-16(20)14-4-6-15(21-2)7-5-14/h4-7,13H,3,8-11H2,1-2H3,(H,19,20). The molecule has 0 saturated heterocycles. The van der Waals surface area contributed by atoms with Crippen molar-refractivity contribution in [2.24, 2.45) is 5.92 Å². The molecular formula is C17H22N2OS. The molecule has 1 aliphatic carbocycles. The first kappa shape index (κ1) is 15.9. The molecule has 0 radical (unpaired) electrons. The van der Waals surface area contributed by atoms with Crippen LogP contribution >= 0.6 is 11.8 Å². The molecule has 3 nitrogen and oxygen atoms in total. The molecule has 2 rings (SSSR count). The SMILES string of the molecule is CCC1CCC(C#N)(NC(=O)c2ccc(SC)cc2)CC1. The molecule has 0 bridgehead atoms. The third-order valence-electron chi connectivity index (χ3n) is 4.46. The monoisotopic (exact) mass is 302 g/mol. The first-order valence-corrected chi connectivity index (χ1v) is 8.73. The Hall–Kier alpha value is -1.47. The number of thioether (sulfide) groups is 1. The number of nitrogens with one attached hydrogen (secondary N) is 1. The molecule has 0 atom stereocenters. The lowest BCUT2D eigenvalue weighted by molar-refractivity contribution is 0.0891. The maximum absolute atomic E-state index is 12.4. The van der Waals surface area contributed by atoms with Crippen LogP contribution < -0.4 is 5.32 Å². The van der Waals surface area contributed by atoms with Crippen molar-refractivity contribution < 1.29 is 4.79 Å².